The van der Waals surface area contributed by atoms with Crippen molar-refractivity contribution < 1.29 is 4.79 Å². The van der Waals surface area contributed by atoms with E-state index in [0.29, 0.717) is 12.1 Å². The molecule has 0 bridgehead atoms. The molecule has 0 unspecified atom stereocenters. The van der Waals surface area contributed by atoms with Gasteiger partial charge in [0, 0.05) is 25.7 Å². The third-order valence-electron chi connectivity index (χ3n) is 3.10. The fourth-order valence-electron chi connectivity index (χ4n) is 1.82. The summed E-state index contributed by atoms with van der Waals surface area (Å²) in [6.07, 6.45) is 2.20. The smallest absolute Gasteiger partial charge is 0.217 e. The van der Waals surface area contributed by atoms with Crippen molar-refractivity contribution in [1.29, 1.82) is 5.26 Å². The van der Waals surface area contributed by atoms with E-state index in [9.17, 15) is 4.79 Å². The molecule has 0 atom stereocenters. The van der Waals surface area contributed by atoms with Gasteiger partial charge in [0.15, 0.2) is 0 Å². The van der Waals surface area contributed by atoms with Crippen LogP contribution < -0.4 is 11.1 Å². The number of nitriles is 1. The minimum atomic E-state index is -0.243. The van der Waals surface area contributed by atoms with E-state index >= 15 is 0 Å². The molecular formula is C13H20N4O. The first-order chi connectivity index (χ1) is 8.56. The maximum Gasteiger partial charge on any atom is 0.217 e. The maximum atomic E-state index is 10.5. The minimum absolute atomic E-state index is 0.243. The summed E-state index contributed by atoms with van der Waals surface area (Å²) in [6.45, 7) is 3.60. The number of primary amides is 1. The maximum absolute atomic E-state index is 10.5. The molecular weight excluding hydrogens is 228 g/mol. The summed E-state index contributed by atoms with van der Waals surface area (Å²) < 4.78 is 1.89. The monoisotopic (exact) mass is 248 g/mol. The third-order valence-corrected chi connectivity index (χ3v) is 3.10. The zero-order chi connectivity index (χ0) is 13.5. The van der Waals surface area contributed by atoms with E-state index < -0.39 is 0 Å². The average Bonchev–Trinajstić information content (AvgIpc) is 2.60. The Kier molecular flexibility index (Phi) is 5.40. The molecule has 0 saturated heterocycles. The highest BCUT2D eigenvalue weighted by Gasteiger charge is 2.07. The number of hydrogen-bond donors (Lipinski definition) is 2. The molecule has 3 N–H and O–H groups in total. The molecule has 0 fully saturated rings. The van der Waals surface area contributed by atoms with Gasteiger partial charge in [-0.25, -0.2) is 0 Å². The lowest BCUT2D eigenvalue weighted by Gasteiger charge is -2.04. The lowest BCUT2D eigenvalue weighted by molar-refractivity contribution is -0.118. The predicted octanol–water partition coefficient (Wildman–Crippen LogP) is 0.950. The number of carbonyl (C=O) groups excluding carboxylic acids is 1. The molecule has 0 aliphatic carbocycles. The molecule has 0 aliphatic heterocycles. The van der Waals surface area contributed by atoms with E-state index in [1.807, 2.05) is 24.6 Å². The van der Waals surface area contributed by atoms with Crippen LogP contribution >= 0.6 is 0 Å². The largest absolute Gasteiger partial charge is 0.370 e. The lowest BCUT2D eigenvalue weighted by atomic mass is 10.2. The van der Waals surface area contributed by atoms with Crippen LogP contribution in [0, 0.1) is 18.3 Å². The Morgan fingerprint density at radius 1 is 1.56 bits per heavy atom. The third kappa shape index (κ3) is 3.90. The molecule has 1 aromatic heterocycles. The van der Waals surface area contributed by atoms with E-state index in [-0.39, 0.29) is 5.91 Å². The fraction of sp³-hybridized carbons (Fsp3) is 0.538. The molecule has 0 saturated carbocycles. The average molecular weight is 248 g/mol. The molecule has 18 heavy (non-hydrogen) atoms. The highest BCUT2D eigenvalue weighted by Crippen LogP contribution is 2.12. The Labute approximate surface area is 108 Å². The summed E-state index contributed by atoms with van der Waals surface area (Å²) in [7, 11) is 1.89. The number of rotatable bonds is 7. The summed E-state index contributed by atoms with van der Waals surface area (Å²) in [6, 6.07) is 4.07. The van der Waals surface area contributed by atoms with Crippen LogP contribution in [0.4, 0.5) is 0 Å². The number of nitrogens with two attached hydrogens (primary N) is 1. The van der Waals surface area contributed by atoms with E-state index in [2.05, 4.69) is 11.4 Å². The van der Waals surface area contributed by atoms with E-state index in [1.54, 1.807) is 0 Å². The molecule has 1 heterocycles. The molecule has 1 rings (SSSR count). The summed E-state index contributed by atoms with van der Waals surface area (Å²) in [4.78, 5) is 10.5. The van der Waals surface area contributed by atoms with Gasteiger partial charge >= 0.3 is 0 Å². The standard InChI is InChI=1S/C13H20N4O/c1-10-11(7-12(8-14)17(10)2)9-16-6-4-3-5-13(15)18/h7,16H,3-6,9H2,1-2H3,(H2,15,18). The van der Waals surface area contributed by atoms with Crippen molar-refractivity contribution in [2.24, 2.45) is 12.8 Å². The Morgan fingerprint density at radius 2 is 2.28 bits per heavy atom. The SMILES string of the molecule is Cc1c(CNCCCCC(N)=O)cc(C#N)n1C. The minimum Gasteiger partial charge on any atom is -0.370 e. The number of nitrogens with zero attached hydrogens (tertiary/aromatic N) is 2. The first kappa shape index (κ1) is 14.3. The van der Waals surface area contributed by atoms with E-state index in [0.717, 1.165) is 37.2 Å². The van der Waals surface area contributed by atoms with Crippen molar-refractivity contribution >= 4 is 5.91 Å². The number of amides is 1. The molecule has 98 valence electrons. The van der Waals surface area contributed by atoms with Gasteiger partial charge in [0.1, 0.15) is 11.8 Å². The van der Waals surface area contributed by atoms with Gasteiger partial charge in [0.2, 0.25) is 5.91 Å². The van der Waals surface area contributed by atoms with E-state index in [4.69, 9.17) is 11.0 Å². The second-order valence-corrected chi connectivity index (χ2v) is 4.41. The highest BCUT2D eigenvalue weighted by molar-refractivity contribution is 5.73. The van der Waals surface area contributed by atoms with Crippen LogP contribution in [0.15, 0.2) is 6.07 Å². The van der Waals surface area contributed by atoms with Crippen LogP contribution in [0.3, 0.4) is 0 Å². The van der Waals surface area contributed by atoms with Crippen molar-refractivity contribution in [3.05, 3.63) is 23.0 Å². The van der Waals surface area contributed by atoms with Crippen molar-refractivity contribution in [3.8, 4) is 6.07 Å². The molecule has 5 nitrogen and oxygen atoms in total. The zero-order valence-corrected chi connectivity index (χ0v) is 11.0. The van der Waals surface area contributed by atoms with E-state index in [1.165, 1.54) is 0 Å². The summed E-state index contributed by atoms with van der Waals surface area (Å²) in [5.41, 5.74) is 7.99. The van der Waals surface area contributed by atoms with Gasteiger partial charge in [-0.3, -0.25) is 4.79 Å². The Hall–Kier alpha value is -1.80. The first-order valence-corrected chi connectivity index (χ1v) is 6.10. The van der Waals surface area contributed by atoms with Gasteiger partial charge in [-0.05, 0) is 37.9 Å². The summed E-state index contributed by atoms with van der Waals surface area (Å²) in [5.74, 6) is -0.243. The van der Waals surface area contributed by atoms with Crippen molar-refractivity contribution in [2.45, 2.75) is 32.7 Å². The van der Waals surface area contributed by atoms with Crippen LogP contribution in [0.25, 0.3) is 0 Å². The molecule has 1 aromatic rings. The normalized spacial score (nSPS) is 10.3. The number of aromatic nitrogens is 1. The van der Waals surface area contributed by atoms with Crippen LogP contribution in [-0.2, 0) is 18.4 Å². The van der Waals surface area contributed by atoms with Gasteiger partial charge in [-0.1, -0.05) is 0 Å². The quantitative estimate of drug-likeness (QED) is 0.705. The van der Waals surface area contributed by atoms with Crippen molar-refractivity contribution in [2.75, 3.05) is 6.54 Å². The van der Waals surface area contributed by atoms with Crippen LogP contribution in [-0.4, -0.2) is 17.0 Å². The molecule has 5 heteroatoms. The molecule has 1 amide bonds. The van der Waals surface area contributed by atoms with Gasteiger partial charge in [-0.2, -0.15) is 5.26 Å². The highest BCUT2D eigenvalue weighted by atomic mass is 16.1. The number of hydrogen-bond acceptors (Lipinski definition) is 3. The summed E-state index contributed by atoms with van der Waals surface area (Å²) in [5, 5.41) is 12.2. The fourth-order valence-corrected chi connectivity index (χ4v) is 1.82. The van der Waals surface area contributed by atoms with Gasteiger partial charge in [0.05, 0.1) is 0 Å². The summed E-state index contributed by atoms with van der Waals surface area (Å²) >= 11 is 0. The Balaban J connectivity index is 2.32. The van der Waals surface area contributed by atoms with Gasteiger partial charge in [0.25, 0.3) is 0 Å². The number of unbranched alkanes of at least 4 members (excludes halogenated alkanes) is 1. The number of nitrogens with one attached hydrogen (secondary N) is 1. The Bertz CT molecular complexity index is 456. The molecule has 0 aromatic carbocycles. The molecule has 0 aliphatic rings. The molecule has 0 radical (unpaired) electrons. The second-order valence-electron chi connectivity index (χ2n) is 4.41. The van der Waals surface area contributed by atoms with Crippen LogP contribution in [0.5, 0.6) is 0 Å². The van der Waals surface area contributed by atoms with Crippen molar-refractivity contribution in [3.63, 3.8) is 0 Å². The topological polar surface area (TPSA) is 83.8 Å². The van der Waals surface area contributed by atoms with Crippen molar-refractivity contribution in [1.82, 2.24) is 9.88 Å². The second kappa shape index (κ2) is 6.82. The van der Waals surface area contributed by atoms with Gasteiger partial charge in [-0.15, -0.1) is 0 Å². The Morgan fingerprint density at radius 3 is 2.83 bits per heavy atom. The predicted molar refractivity (Wildman–Crippen MR) is 69.6 cm³/mol. The number of carbonyl (C=O) groups is 1. The van der Waals surface area contributed by atoms with Crippen LogP contribution in [0.2, 0.25) is 0 Å². The zero-order valence-electron chi connectivity index (χ0n) is 11.0. The molecule has 0 spiro atoms. The first-order valence-electron chi connectivity index (χ1n) is 6.10. The van der Waals surface area contributed by atoms with Crippen LogP contribution in [0.1, 0.15) is 36.2 Å². The lowest BCUT2D eigenvalue weighted by Crippen LogP contribution is -2.16. The van der Waals surface area contributed by atoms with Gasteiger partial charge < -0.3 is 15.6 Å².